The summed E-state index contributed by atoms with van der Waals surface area (Å²) < 4.78 is 16.8. The highest BCUT2D eigenvalue weighted by molar-refractivity contribution is 8.18. The van der Waals surface area contributed by atoms with Gasteiger partial charge in [-0.3, -0.25) is 14.5 Å². The number of nitrogens with zero attached hydrogens (tertiary/aromatic N) is 1. The molecule has 1 heterocycles. The molecule has 2 amide bonds. The predicted molar refractivity (Wildman–Crippen MR) is 123 cm³/mol. The molecule has 0 atom stereocenters. The van der Waals surface area contributed by atoms with E-state index in [1.807, 2.05) is 6.07 Å². The van der Waals surface area contributed by atoms with Crippen molar-refractivity contribution in [1.82, 2.24) is 4.90 Å². The topological polar surface area (TPSA) is 65.1 Å². The van der Waals surface area contributed by atoms with Gasteiger partial charge in [-0.2, -0.15) is 0 Å². The van der Waals surface area contributed by atoms with Crippen molar-refractivity contribution < 1.29 is 23.8 Å². The molecule has 8 heteroatoms. The molecule has 0 saturated carbocycles. The highest BCUT2D eigenvalue weighted by Gasteiger charge is 2.34. The van der Waals surface area contributed by atoms with Crippen LogP contribution in [0.15, 0.2) is 47.4 Å². The van der Waals surface area contributed by atoms with E-state index < -0.39 is 0 Å². The van der Waals surface area contributed by atoms with Crippen molar-refractivity contribution in [3.63, 3.8) is 0 Å². The van der Waals surface area contributed by atoms with E-state index in [-0.39, 0.29) is 24.3 Å². The Bertz CT molecular complexity index is 992. The summed E-state index contributed by atoms with van der Waals surface area (Å²) >= 11 is 6.96. The summed E-state index contributed by atoms with van der Waals surface area (Å²) in [6, 6.07) is 12.5. The van der Waals surface area contributed by atoms with Crippen LogP contribution in [-0.4, -0.2) is 42.9 Å². The molecule has 0 bridgehead atoms. The highest BCUT2D eigenvalue weighted by Crippen LogP contribution is 2.34. The average molecular weight is 462 g/mol. The van der Waals surface area contributed by atoms with Crippen LogP contribution in [0.25, 0.3) is 6.08 Å². The summed E-state index contributed by atoms with van der Waals surface area (Å²) in [5, 5.41) is 0.147. The van der Waals surface area contributed by atoms with Crippen LogP contribution in [0.5, 0.6) is 17.2 Å². The SMILES string of the molecule is COc1cc(/C=C2\SC(=O)N(CCOc3ccccc3Cl)C2=O)ccc1OCC(C)C. The number of benzene rings is 2. The highest BCUT2D eigenvalue weighted by atomic mass is 35.5. The van der Waals surface area contributed by atoms with Gasteiger partial charge in [0.1, 0.15) is 12.4 Å². The minimum atomic E-state index is -0.350. The normalized spacial score (nSPS) is 15.1. The van der Waals surface area contributed by atoms with Crippen LogP contribution in [0.2, 0.25) is 5.02 Å². The van der Waals surface area contributed by atoms with E-state index >= 15 is 0 Å². The van der Waals surface area contributed by atoms with Crippen molar-refractivity contribution in [3.05, 3.63) is 58.0 Å². The molecule has 1 saturated heterocycles. The molecule has 0 unspecified atom stereocenters. The van der Waals surface area contributed by atoms with E-state index in [0.717, 1.165) is 17.3 Å². The van der Waals surface area contributed by atoms with Crippen molar-refractivity contribution in [2.75, 3.05) is 26.9 Å². The van der Waals surface area contributed by atoms with Gasteiger partial charge in [-0.1, -0.05) is 43.6 Å². The standard InChI is InChI=1S/C23H24ClNO5S/c1-15(2)14-30-19-9-8-16(12-20(19)28-3)13-21-22(26)25(23(27)31-21)10-11-29-18-7-5-4-6-17(18)24/h4-9,12-13,15H,10-11,14H2,1-3H3/b21-13-. The van der Waals surface area contributed by atoms with Gasteiger partial charge in [0.25, 0.3) is 11.1 Å². The van der Waals surface area contributed by atoms with Gasteiger partial charge in [-0.25, -0.2) is 0 Å². The number of halogens is 1. The molecule has 0 spiro atoms. The van der Waals surface area contributed by atoms with Crippen molar-refractivity contribution in [2.45, 2.75) is 13.8 Å². The fourth-order valence-electron chi connectivity index (χ4n) is 2.80. The summed E-state index contributed by atoms with van der Waals surface area (Å²) in [4.78, 5) is 26.5. The Hall–Kier alpha value is -2.64. The monoisotopic (exact) mass is 461 g/mol. The summed E-state index contributed by atoms with van der Waals surface area (Å²) in [6.07, 6.45) is 1.68. The van der Waals surface area contributed by atoms with E-state index in [1.54, 1.807) is 49.6 Å². The second-order valence-corrected chi connectivity index (χ2v) is 8.63. The maximum atomic E-state index is 12.7. The smallest absolute Gasteiger partial charge is 0.293 e. The van der Waals surface area contributed by atoms with Gasteiger partial charge < -0.3 is 14.2 Å². The molecule has 6 nitrogen and oxygen atoms in total. The number of methoxy groups -OCH3 is 1. The first-order valence-corrected chi connectivity index (χ1v) is 11.0. The molecule has 0 N–H and O–H groups in total. The van der Waals surface area contributed by atoms with Gasteiger partial charge in [0, 0.05) is 0 Å². The lowest BCUT2D eigenvalue weighted by Crippen LogP contribution is -2.32. The number of hydrogen-bond acceptors (Lipinski definition) is 6. The van der Waals surface area contributed by atoms with Gasteiger partial charge in [-0.15, -0.1) is 0 Å². The summed E-state index contributed by atoms with van der Waals surface area (Å²) in [7, 11) is 1.56. The maximum Gasteiger partial charge on any atom is 0.293 e. The molecule has 0 radical (unpaired) electrons. The Kier molecular flexibility index (Phi) is 7.87. The Morgan fingerprint density at radius 1 is 1.06 bits per heavy atom. The predicted octanol–water partition coefficient (Wildman–Crippen LogP) is 5.50. The molecule has 2 aromatic rings. The van der Waals surface area contributed by atoms with E-state index in [2.05, 4.69) is 13.8 Å². The number of carbonyl (C=O) groups excluding carboxylic acids is 2. The first-order chi connectivity index (χ1) is 14.9. The number of rotatable bonds is 9. The maximum absolute atomic E-state index is 12.7. The first kappa shape index (κ1) is 23.0. The summed E-state index contributed by atoms with van der Waals surface area (Å²) in [5.74, 6) is 1.76. The second-order valence-electron chi connectivity index (χ2n) is 7.23. The summed E-state index contributed by atoms with van der Waals surface area (Å²) in [6.45, 7) is 5.00. The molecular weight excluding hydrogens is 438 g/mol. The molecule has 0 aliphatic carbocycles. The fourth-order valence-corrected chi connectivity index (χ4v) is 3.86. The van der Waals surface area contributed by atoms with Crippen LogP contribution < -0.4 is 14.2 Å². The van der Waals surface area contributed by atoms with E-state index in [9.17, 15) is 9.59 Å². The Balaban J connectivity index is 1.66. The number of carbonyl (C=O) groups is 2. The van der Waals surface area contributed by atoms with E-state index in [1.165, 1.54) is 4.90 Å². The third-order valence-corrected chi connectivity index (χ3v) is 5.56. The average Bonchev–Trinajstić information content (AvgIpc) is 3.01. The fraction of sp³-hybridized carbons (Fsp3) is 0.304. The van der Waals surface area contributed by atoms with Gasteiger partial charge in [0.2, 0.25) is 0 Å². The number of amides is 2. The lowest BCUT2D eigenvalue weighted by molar-refractivity contribution is -0.123. The van der Waals surface area contributed by atoms with Gasteiger partial charge >= 0.3 is 0 Å². The molecule has 164 valence electrons. The number of imide groups is 1. The first-order valence-electron chi connectivity index (χ1n) is 9.82. The Morgan fingerprint density at radius 2 is 1.84 bits per heavy atom. The van der Waals surface area contributed by atoms with Crippen molar-refractivity contribution in [2.24, 2.45) is 5.92 Å². The minimum Gasteiger partial charge on any atom is -0.493 e. The molecule has 2 aromatic carbocycles. The summed E-state index contributed by atoms with van der Waals surface area (Å²) in [5.41, 5.74) is 0.742. The zero-order valence-corrected chi connectivity index (χ0v) is 19.2. The molecule has 31 heavy (non-hydrogen) atoms. The number of ether oxygens (including phenoxy) is 3. The molecule has 3 rings (SSSR count). The Morgan fingerprint density at radius 3 is 2.55 bits per heavy atom. The second kappa shape index (κ2) is 10.6. The van der Waals surface area contributed by atoms with Crippen molar-refractivity contribution in [3.8, 4) is 17.2 Å². The van der Waals surface area contributed by atoms with Crippen LogP contribution in [-0.2, 0) is 4.79 Å². The van der Waals surface area contributed by atoms with Gasteiger partial charge in [0.15, 0.2) is 11.5 Å². The molecule has 1 fully saturated rings. The van der Waals surface area contributed by atoms with Crippen molar-refractivity contribution >= 4 is 40.6 Å². The lowest BCUT2D eigenvalue weighted by Gasteiger charge is -2.14. The number of hydrogen-bond donors (Lipinski definition) is 0. The number of thioether (sulfide) groups is 1. The van der Waals surface area contributed by atoms with Crippen LogP contribution in [0.4, 0.5) is 4.79 Å². The molecule has 1 aliphatic rings. The third-order valence-electron chi connectivity index (χ3n) is 4.34. The molecular formula is C23H24ClNO5S. The lowest BCUT2D eigenvalue weighted by atomic mass is 10.1. The van der Waals surface area contributed by atoms with E-state index in [0.29, 0.717) is 39.7 Å². The largest absolute Gasteiger partial charge is 0.493 e. The molecule has 1 aliphatic heterocycles. The zero-order chi connectivity index (χ0) is 22.4. The number of para-hydroxylation sites is 1. The van der Waals surface area contributed by atoms with Crippen LogP contribution in [0.3, 0.4) is 0 Å². The van der Waals surface area contributed by atoms with E-state index in [4.69, 9.17) is 25.8 Å². The third kappa shape index (κ3) is 5.95. The van der Waals surface area contributed by atoms with Crippen molar-refractivity contribution in [1.29, 1.82) is 0 Å². The van der Waals surface area contributed by atoms with Crippen LogP contribution in [0, 0.1) is 5.92 Å². The van der Waals surface area contributed by atoms with Gasteiger partial charge in [0.05, 0.1) is 30.2 Å². The minimum absolute atomic E-state index is 0.137. The van der Waals surface area contributed by atoms with Crippen LogP contribution >= 0.6 is 23.4 Å². The van der Waals surface area contributed by atoms with Crippen LogP contribution in [0.1, 0.15) is 19.4 Å². The Labute approximate surface area is 191 Å². The van der Waals surface area contributed by atoms with Gasteiger partial charge in [-0.05, 0) is 53.6 Å². The molecule has 0 aromatic heterocycles. The quantitative estimate of drug-likeness (QED) is 0.459. The zero-order valence-electron chi connectivity index (χ0n) is 17.6.